The number of pyridine rings is 1. The standard InChI is InChI=1S/C11H12Cl2N4O/c1-16-7-6-8(12)14-10(13)9(7)15-11(16)17-2-4-18-5-3-17/h6H,2-5H2,1H3. The Morgan fingerprint density at radius 3 is 2.67 bits per heavy atom. The molecule has 1 fully saturated rings. The van der Waals surface area contributed by atoms with Crippen LogP contribution in [-0.2, 0) is 11.8 Å². The number of fused-ring (bicyclic) bond motifs is 1. The average molecular weight is 287 g/mol. The molecule has 3 rings (SSSR count). The summed E-state index contributed by atoms with van der Waals surface area (Å²) >= 11 is 12.0. The minimum absolute atomic E-state index is 0.340. The van der Waals surface area contributed by atoms with Crippen molar-refractivity contribution >= 4 is 40.2 Å². The molecule has 0 radical (unpaired) electrons. The number of imidazole rings is 1. The molecule has 0 aromatic carbocycles. The van der Waals surface area contributed by atoms with Gasteiger partial charge < -0.3 is 14.2 Å². The van der Waals surface area contributed by atoms with E-state index >= 15 is 0 Å². The Kier molecular flexibility index (Phi) is 3.05. The van der Waals surface area contributed by atoms with Crippen LogP contribution in [0.15, 0.2) is 6.07 Å². The molecule has 0 atom stereocenters. The average Bonchev–Trinajstić information content (AvgIpc) is 2.69. The fourth-order valence-electron chi connectivity index (χ4n) is 2.15. The summed E-state index contributed by atoms with van der Waals surface area (Å²) in [7, 11) is 1.95. The van der Waals surface area contributed by atoms with Crippen molar-refractivity contribution in [3.63, 3.8) is 0 Å². The van der Waals surface area contributed by atoms with Crippen molar-refractivity contribution in [2.24, 2.45) is 7.05 Å². The summed E-state index contributed by atoms with van der Waals surface area (Å²) in [6.45, 7) is 3.10. The normalized spacial score (nSPS) is 16.5. The van der Waals surface area contributed by atoms with Gasteiger partial charge in [0.05, 0.1) is 18.7 Å². The number of aryl methyl sites for hydroxylation is 1. The van der Waals surface area contributed by atoms with Crippen LogP contribution in [0.4, 0.5) is 5.95 Å². The number of halogens is 2. The second-order valence-corrected chi connectivity index (χ2v) is 4.92. The predicted octanol–water partition coefficient (Wildman–Crippen LogP) is 2.11. The van der Waals surface area contributed by atoms with Crippen LogP contribution < -0.4 is 4.90 Å². The number of hydrogen-bond donors (Lipinski definition) is 0. The van der Waals surface area contributed by atoms with E-state index in [0.29, 0.717) is 15.8 Å². The summed E-state index contributed by atoms with van der Waals surface area (Å²) in [6, 6.07) is 1.78. The lowest BCUT2D eigenvalue weighted by atomic mass is 10.4. The van der Waals surface area contributed by atoms with Crippen LogP contribution in [0.25, 0.3) is 11.0 Å². The number of ether oxygens (including phenoxy) is 1. The number of morpholine rings is 1. The van der Waals surface area contributed by atoms with Crippen molar-refractivity contribution < 1.29 is 4.74 Å². The van der Waals surface area contributed by atoms with E-state index in [4.69, 9.17) is 27.9 Å². The number of hydrogen-bond acceptors (Lipinski definition) is 4. The van der Waals surface area contributed by atoms with E-state index in [1.807, 2.05) is 11.6 Å². The van der Waals surface area contributed by atoms with Gasteiger partial charge in [-0.2, -0.15) is 0 Å². The first kappa shape index (κ1) is 12.0. The molecule has 1 aliphatic heterocycles. The van der Waals surface area contributed by atoms with Crippen LogP contribution in [0.1, 0.15) is 0 Å². The van der Waals surface area contributed by atoms with Crippen molar-refractivity contribution in [1.29, 1.82) is 0 Å². The Hall–Kier alpha value is -1.04. The van der Waals surface area contributed by atoms with Crippen LogP contribution in [-0.4, -0.2) is 40.8 Å². The SMILES string of the molecule is Cn1c(N2CCOCC2)nc2c(Cl)nc(Cl)cc21. The molecule has 1 saturated heterocycles. The van der Waals surface area contributed by atoms with Gasteiger partial charge in [0.2, 0.25) is 5.95 Å². The highest BCUT2D eigenvalue weighted by atomic mass is 35.5. The topological polar surface area (TPSA) is 43.2 Å². The number of nitrogens with zero attached hydrogens (tertiary/aromatic N) is 4. The van der Waals surface area contributed by atoms with Gasteiger partial charge in [0.1, 0.15) is 10.7 Å². The molecule has 0 bridgehead atoms. The van der Waals surface area contributed by atoms with Crippen LogP contribution in [0.2, 0.25) is 10.3 Å². The molecule has 0 saturated carbocycles. The number of rotatable bonds is 1. The largest absolute Gasteiger partial charge is 0.378 e. The maximum Gasteiger partial charge on any atom is 0.206 e. The molecule has 0 spiro atoms. The van der Waals surface area contributed by atoms with Gasteiger partial charge in [-0.3, -0.25) is 0 Å². The summed E-state index contributed by atoms with van der Waals surface area (Å²) in [5, 5.41) is 0.719. The van der Waals surface area contributed by atoms with E-state index in [1.165, 1.54) is 0 Å². The van der Waals surface area contributed by atoms with Crippen LogP contribution in [0, 0.1) is 0 Å². The quantitative estimate of drug-likeness (QED) is 0.753. The number of anilines is 1. The molecule has 1 aliphatic rings. The molecule has 2 aromatic rings. The third-order valence-electron chi connectivity index (χ3n) is 3.07. The summed E-state index contributed by atoms with van der Waals surface area (Å²) in [5.41, 5.74) is 1.58. The van der Waals surface area contributed by atoms with E-state index in [0.717, 1.165) is 37.8 Å². The van der Waals surface area contributed by atoms with Crippen LogP contribution in [0.3, 0.4) is 0 Å². The molecule has 3 heterocycles. The van der Waals surface area contributed by atoms with Gasteiger partial charge in [-0.25, -0.2) is 9.97 Å². The molecule has 2 aromatic heterocycles. The molecule has 5 nitrogen and oxygen atoms in total. The Bertz CT molecular complexity index is 592. The van der Waals surface area contributed by atoms with Crippen molar-refractivity contribution in [2.45, 2.75) is 0 Å². The summed E-state index contributed by atoms with van der Waals surface area (Å²) in [5.74, 6) is 0.874. The molecule has 96 valence electrons. The zero-order valence-corrected chi connectivity index (χ0v) is 11.4. The highest BCUT2D eigenvalue weighted by Gasteiger charge is 2.19. The van der Waals surface area contributed by atoms with Gasteiger partial charge >= 0.3 is 0 Å². The van der Waals surface area contributed by atoms with E-state index in [9.17, 15) is 0 Å². The van der Waals surface area contributed by atoms with Crippen LogP contribution >= 0.6 is 23.2 Å². The van der Waals surface area contributed by atoms with Gasteiger partial charge in [-0.05, 0) is 0 Å². The molecule has 0 N–H and O–H groups in total. The Labute approximate surface area is 114 Å². The van der Waals surface area contributed by atoms with E-state index in [-0.39, 0.29) is 0 Å². The lowest BCUT2D eigenvalue weighted by molar-refractivity contribution is 0.122. The fourth-order valence-corrected chi connectivity index (χ4v) is 2.62. The van der Waals surface area contributed by atoms with Gasteiger partial charge in [-0.1, -0.05) is 23.2 Å². The van der Waals surface area contributed by atoms with Crippen molar-refractivity contribution in [3.8, 4) is 0 Å². The molecule has 7 heteroatoms. The summed E-state index contributed by atoms with van der Waals surface area (Å²) in [4.78, 5) is 10.7. The Morgan fingerprint density at radius 2 is 1.94 bits per heavy atom. The lowest BCUT2D eigenvalue weighted by Gasteiger charge is -2.27. The maximum absolute atomic E-state index is 6.07. The number of aromatic nitrogens is 3. The minimum Gasteiger partial charge on any atom is -0.378 e. The van der Waals surface area contributed by atoms with Crippen LogP contribution in [0.5, 0.6) is 0 Å². The first-order valence-corrected chi connectivity index (χ1v) is 6.43. The summed E-state index contributed by atoms with van der Waals surface area (Å²) < 4.78 is 7.33. The van der Waals surface area contributed by atoms with Crippen molar-refractivity contribution in [2.75, 3.05) is 31.2 Å². The molecule has 0 amide bonds. The Morgan fingerprint density at radius 1 is 1.22 bits per heavy atom. The predicted molar refractivity (Wildman–Crippen MR) is 71.6 cm³/mol. The van der Waals surface area contributed by atoms with Gasteiger partial charge in [0.25, 0.3) is 0 Å². The van der Waals surface area contributed by atoms with E-state index in [1.54, 1.807) is 6.07 Å². The van der Waals surface area contributed by atoms with Gasteiger partial charge in [0.15, 0.2) is 5.15 Å². The summed E-state index contributed by atoms with van der Waals surface area (Å²) in [6.07, 6.45) is 0. The smallest absolute Gasteiger partial charge is 0.206 e. The van der Waals surface area contributed by atoms with Crippen molar-refractivity contribution in [3.05, 3.63) is 16.4 Å². The van der Waals surface area contributed by atoms with E-state index < -0.39 is 0 Å². The Balaban J connectivity index is 2.13. The third-order valence-corrected chi connectivity index (χ3v) is 3.52. The fraction of sp³-hybridized carbons (Fsp3) is 0.455. The lowest BCUT2D eigenvalue weighted by Crippen LogP contribution is -2.37. The van der Waals surface area contributed by atoms with Gasteiger partial charge in [0, 0.05) is 26.2 Å². The first-order chi connectivity index (χ1) is 8.66. The van der Waals surface area contributed by atoms with Crippen molar-refractivity contribution in [1.82, 2.24) is 14.5 Å². The zero-order chi connectivity index (χ0) is 12.7. The second kappa shape index (κ2) is 4.57. The van der Waals surface area contributed by atoms with E-state index in [2.05, 4.69) is 14.9 Å². The van der Waals surface area contributed by atoms with Gasteiger partial charge in [-0.15, -0.1) is 0 Å². The molecular weight excluding hydrogens is 275 g/mol. The maximum atomic E-state index is 6.07. The monoisotopic (exact) mass is 286 g/mol. The molecule has 18 heavy (non-hydrogen) atoms. The first-order valence-electron chi connectivity index (χ1n) is 5.68. The minimum atomic E-state index is 0.340. The zero-order valence-electron chi connectivity index (χ0n) is 9.86. The molecule has 0 aliphatic carbocycles. The molecular formula is C11H12Cl2N4O. The second-order valence-electron chi connectivity index (χ2n) is 4.17. The highest BCUT2D eigenvalue weighted by Crippen LogP contribution is 2.28. The highest BCUT2D eigenvalue weighted by molar-refractivity contribution is 6.36. The third kappa shape index (κ3) is 1.92. The molecule has 0 unspecified atom stereocenters.